The summed E-state index contributed by atoms with van der Waals surface area (Å²) in [5.74, 6) is 0.512. The lowest BCUT2D eigenvalue weighted by atomic mass is 10.1. The molecular weight excluding hydrogens is 164 g/mol. The predicted octanol–water partition coefficient (Wildman–Crippen LogP) is 1.69. The summed E-state index contributed by atoms with van der Waals surface area (Å²) < 4.78 is 0. The van der Waals surface area contributed by atoms with Crippen LogP contribution in [0.5, 0.6) is 0 Å². The van der Waals surface area contributed by atoms with Crippen LogP contribution < -0.4 is 0 Å². The second-order valence-electron chi connectivity index (χ2n) is 3.62. The highest BCUT2D eigenvalue weighted by atomic mass is 16.1. The van der Waals surface area contributed by atoms with E-state index in [4.69, 9.17) is 0 Å². The summed E-state index contributed by atoms with van der Waals surface area (Å²) in [4.78, 5) is 11.7. The van der Waals surface area contributed by atoms with Crippen molar-refractivity contribution >= 4 is 5.78 Å². The van der Waals surface area contributed by atoms with E-state index in [1.165, 1.54) is 0 Å². The van der Waals surface area contributed by atoms with Crippen molar-refractivity contribution in [1.29, 1.82) is 0 Å². The molecule has 0 aliphatic heterocycles. The fourth-order valence-electron chi connectivity index (χ4n) is 1.36. The Hall–Kier alpha value is -1.25. The minimum atomic E-state index is 0.246. The molecule has 1 aliphatic rings. The third kappa shape index (κ3) is 1.59. The van der Waals surface area contributed by atoms with Crippen molar-refractivity contribution in [2.45, 2.75) is 26.7 Å². The van der Waals surface area contributed by atoms with Crippen molar-refractivity contribution in [3.63, 3.8) is 0 Å². The topological polar surface area (TPSA) is 42.9 Å². The average Bonchev–Trinajstić information content (AvgIpc) is 2.91. The minimum Gasteiger partial charge on any atom is -0.294 e. The standard InChI is InChI=1S/C10H12N2O/c1-6-5-9(7(2)12-11-6)10(13)8-3-4-8/h5,8H,3-4H2,1-2H3. The summed E-state index contributed by atoms with van der Waals surface area (Å²) >= 11 is 0. The van der Waals surface area contributed by atoms with Crippen molar-refractivity contribution in [2.24, 2.45) is 5.92 Å². The van der Waals surface area contributed by atoms with Crippen LogP contribution in [0.2, 0.25) is 0 Å². The van der Waals surface area contributed by atoms with Gasteiger partial charge in [0.25, 0.3) is 0 Å². The number of carbonyl (C=O) groups is 1. The largest absolute Gasteiger partial charge is 0.294 e. The van der Waals surface area contributed by atoms with Crippen molar-refractivity contribution < 1.29 is 4.79 Å². The predicted molar refractivity (Wildman–Crippen MR) is 48.6 cm³/mol. The molecule has 13 heavy (non-hydrogen) atoms. The van der Waals surface area contributed by atoms with E-state index in [2.05, 4.69) is 10.2 Å². The molecule has 0 spiro atoms. The van der Waals surface area contributed by atoms with E-state index in [9.17, 15) is 4.79 Å². The van der Waals surface area contributed by atoms with Crippen LogP contribution in [0.3, 0.4) is 0 Å². The maximum Gasteiger partial charge on any atom is 0.167 e. The van der Waals surface area contributed by atoms with Crippen LogP contribution in [0.1, 0.15) is 34.6 Å². The highest BCUT2D eigenvalue weighted by Gasteiger charge is 2.31. The number of ketones is 1. The Labute approximate surface area is 77.2 Å². The fraction of sp³-hybridized carbons (Fsp3) is 0.500. The molecular formula is C10H12N2O. The number of rotatable bonds is 2. The molecule has 0 bridgehead atoms. The highest BCUT2D eigenvalue weighted by molar-refractivity contribution is 6.00. The van der Waals surface area contributed by atoms with Gasteiger partial charge in [-0.15, -0.1) is 0 Å². The summed E-state index contributed by atoms with van der Waals surface area (Å²) in [7, 11) is 0. The Kier molecular flexibility index (Phi) is 1.87. The highest BCUT2D eigenvalue weighted by Crippen LogP contribution is 2.33. The van der Waals surface area contributed by atoms with Crippen molar-refractivity contribution in [3.8, 4) is 0 Å². The first kappa shape index (κ1) is 8.35. The van der Waals surface area contributed by atoms with E-state index in [1.54, 1.807) is 0 Å². The smallest absolute Gasteiger partial charge is 0.167 e. The molecule has 1 heterocycles. The van der Waals surface area contributed by atoms with Gasteiger partial charge in [0.05, 0.1) is 11.4 Å². The molecule has 3 heteroatoms. The Balaban J connectivity index is 2.37. The van der Waals surface area contributed by atoms with Crippen molar-refractivity contribution in [3.05, 3.63) is 23.0 Å². The van der Waals surface area contributed by atoms with E-state index < -0.39 is 0 Å². The molecule has 0 unspecified atom stereocenters. The number of carbonyl (C=O) groups excluding carboxylic acids is 1. The van der Waals surface area contributed by atoms with Crippen LogP contribution in [0.4, 0.5) is 0 Å². The Morgan fingerprint density at radius 1 is 1.38 bits per heavy atom. The lowest BCUT2D eigenvalue weighted by Crippen LogP contribution is -2.07. The molecule has 0 aromatic carbocycles. The Morgan fingerprint density at radius 3 is 2.69 bits per heavy atom. The maximum absolute atomic E-state index is 11.7. The van der Waals surface area contributed by atoms with Gasteiger partial charge in [-0.1, -0.05) is 0 Å². The first-order valence-corrected chi connectivity index (χ1v) is 4.53. The SMILES string of the molecule is Cc1cc(C(=O)C2CC2)c(C)nn1. The molecule has 0 amide bonds. The van der Waals surface area contributed by atoms with Crippen LogP contribution in [-0.2, 0) is 0 Å². The number of aryl methyl sites for hydroxylation is 2. The molecule has 1 aliphatic carbocycles. The van der Waals surface area contributed by atoms with Gasteiger partial charge in [0.15, 0.2) is 5.78 Å². The number of Topliss-reactive ketones (excluding diaryl/α,β-unsaturated/α-hetero) is 1. The van der Waals surface area contributed by atoms with Gasteiger partial charge in [-0.3, -0.25) is 4.79 Å². The van der Waals surface area contributed by atoms with Crippen LogP contribution in [-0.4, -0.2) is 16.0 Å². The quantitative estimate of drug-likeness (QED) is 0.644. The van der Waals surface area contributed by atoms with E-state index in [0.29, 0.717) is 0 Å². The lowest BCUT2D eigenvalue weighted by molar-refractivity contribution is 0.0966. The Morgan fingerprint density at radius 2 is 2.08 bits per heavy atom. The first-order chi connectivity index (χ1) is 6.18. The summed E-state index contributed by atoms with van der Waals surface area (Å²) in [6.07, 6.45) is 2.08. The second kappa shape index (κ2) is 2.91. The molecule has 1 saturated carbocycles. The molecule has 1 aromatic rings. The van der Waals surface area contributed by atoms with Gasteiger partial charge in [-0.25, -0.2) is 0 Å². The minimum absolute atomic E-state index is 0.246. The monoisotopic (exact) mass is 176 g/mol. The summed E-state index contributed by atoms with van der Waals surface area (Å²) in [5, 5.41) is 7.84. The van der Waals surface area contributed by atoms with Gasteiger partial charge in [-0.2, -0.15) is 10.2 Å². The normalized spacial score (nSPS) is 15.8. The average molecular weight is 176 g/mol. The molecule has 1 aromatic heterocycles. The van der Waals surface area contributed by atoms with Crippen LogP contribution in [0.15, 0.2) is 6.07 Å². The van der Waals surface area contributed by atoms with Crippen LogP contribution >= 0.6 is 0 Å². The fourth-order valence-corrected chi connectivity index (χ4v) is 1.36. The first-order valence-electron chi connectivity index (χ1n) is 4.53. The zero-order valence-corrected chi connectivity index (χ0v) is 7.87. The lowest BCUT2D eigenvalue weighted by Gasteiger charge is -2.02. The second-order valence-corrected chi connectivity index (χ2v) is 3.62. The summed E-state index contributed by atoms with van der Waals surface area (Å²) in [5.41, 5.74) is 2.33. The Bertz CT molecular complexity index is 356. The summed E-state index contributed by atoms with van der Waals surface area (Å²) in [6, 6.07) is 1.84. The zero-order chi connectivity index (χ0) is 9.42. The van der Waals surface area contributed by atoms with Gasteiger partial charge in [0.1, 0.15) is 0 Å². The molecule has 0 atom stereocenters. The van der Waals surface area contributed by atoms with Gasteiger partial charge >= 0.3 is 0 Å². The third-order valence-electron chi connectivity index (χ3n) is 2.31. The molecule has 3 nitrogen and oxygen atoms in total. The van der Waals surface area contributed by atoms with E-state index in [-0.39, 0.29) is 11.7 Å². The van der Waals surface area contributed by atoms with E-state index >= 15 is 0 Å². The van der Waals surface area contributed by atoms with Gasteiger partial charge in [0.2, 0.25) is 0 Å². The molecule has 68 valence electrons. The summed E-state index contributed by atoms with van der Waals surface area (Å²) in [6.45, 7) is 3.69. The third-order valence-corrected chi connectivity index (χ3v) is 2.31. The number of aromatic nitrogens is 2. The van der Waals surface area contributed by atoms with E-state index in [0.717, 1.165) is 29.8 Å². The van der Waals surface area contributed by atoms with Crippen LogP contribution in [0.25, 0.3) is 0 Å². The van der Waals surface area contributed by atoms with Gasteiger partial charge in [-0.05, 0) is 32.8 Å². The zero-order valence-electron chi connectivity index (χ0n) is 7.87. The van der Waals surface area contributed by atoms with Crippen LogP contribution in [0, 0.1) is 19.8 Å². The van der Waals surface area contributed by atoms with Crippen molar-refractivity contribution in [2.75, 3.05) is 0 Å². The van der Waals surface area contributed by atoms with E-state index in [1.807, 2.05) is 19.9 Å². The molecule has 2 rings (SSSR count). The number of hydrogen-bond acceptors (Lipinski definition) is 3. The van der Waals surface area contributed by atoms with Crippen molar-refractivity contribution in [1.82, 2.24) is 10.2 Å². The molecule has 1 fully saturated rings. The maximum atomic E-state index is 11.7. The van der Waals surface area contributed by atoms with Gasteiger partial charge < -0.3 is 0 Å². The van der Waals surface area contributed by atoms with Gasteiger partial charge in [0, 0.05) is 11.5 Å². The molecule has 0 N–H and O–H groups in total. The molecule has 0 saturated heterocycles. The number of hydrogen-bond donors (Lipinski definition) is 0. The molecule has 0 radical (unpaired) electrons. The number of nitrogens with zero attached hydrogens (tertiary/aromatic N) is 2.